The van der Waals surface area contributed by atoms with E-state index in [1.54, 1.807) is 0 Å². The molecule has 112 valence electrons. The van der Waals surface area contributed by atoms with Crippen LogP contribution in [0.4, 0.5) is 11.4 Å². The van der Waals surface area contributed by atoms with Gasteiger partial charge in [0.2, 0.25) is 0 Å². The average Bonchev–Trinajstić information content (AvgIpc) is 2.81. The third-order valence-electron chi connectivity index (χ3n) is 2.43. The molecule has 0 amide bonds. The third-order valence-corrected chi connectivity index (χ3v) is 4.44. The summed E-state index contributed by atoms with van der Waals surface area (Å²) in [5.74, 6) is 0. The van der Waals surface area contributed by atoms with Crippen LogP contribution in [0.3, 0.4) is 0 Å². The lowest BCUT2D eigenvalue weighted by atomic mass is 10.3. The summed E-state index contributed by atoms with van der Waals surface area (Å²) in [4.78, 5) is 13.9. The Balaban J connectivity index is 2.32. The standard InChI is InChI=1S/C10H8ClN3O5S2/c11-10-13-5-7(20-10)4-12-8-2-1-6(14(15)16)3-9(8)21(17,18)19/h1-3,5,12H,4H2,(H,17,18,19). The number of rotatable bonds is 5. The first kappa shape index (κ1) is 15.6. The van der Waals surface area contributed by atoms with Gasteiger partial charge in [-0.25, -0.2) is 4.98 Å². The van der Waals surface area contributed by atoms with Crippen molar-refractivity contribution in [2.24, 2.45) is 0 Å². The topological polar surface area (TPSA) is 122 Å². The Kier molecular flexibility index (Phi) is 4.42. The molecule has 0 aliphatic heterocycles. The van der Waals surface area contributed by atoms with Crippen LogP contribution in [-0.4, -0.2) is 22.9 Å². The molecule has 8 nitrogen and oxygen atoms in total. The van der Waals surface area contributed by atoms with Crippen molar-refractivity contribution in [3.05, 3.63) is 43.9 Å². The highest BCUT2D eigenvalue weighted by Crippen LogP contribution is 2.27. The number of hydrogen-bond donors (Lipinski definition) is 2. The molecule has 11 heteroatoms. The van der Waals surface area contributed by atoms with E-state index in [0.717, 1.165) is 17.0 Å². The second kappa shape index (κ2) is 5.93. The molecule has 2 rings (SSSR count). The Morgan fingerprint density at radius 2 is 2.19 bits per heavy atom. The molecule has 0 saturated heterocycles. The van der Waals surface area contributed by atoms with Crippen molar-refractivity contribution in [3.63, 3.8) is 0 Å². The van der Waals surface area contributed by atoms with Crippen LogP contribution in [0.2, 0.25) is 4.47 Å². The summed E-state index contributed by atoms with van der Waals surface area (Å²) in [7, 11) is -4.59. The minimum absolute atomic E-state index is 0.0487. The van der Waals surface area contributed by atoms with Crippen LogP contribution in [0.25, 0.3) is 0 Å². The van der Waals surface area contributed by atoms with E-state index in [9.17, 15) is 18.5 Å². The number of benzene rings is 1. The SMILES string of the molecule is O=[N+]([O-])c1ccc(NCc2cnc(Cl)s2)c(S(=O)(=O)O)c1. The first-order chi connectivity index (χ1) is 9.77. The van der Waals surface area contributed by atoms with Gasteiger partial charge in [0.05, 0.1) is 17.2 Å². The molecule has 2 N–H and O–H groups in total. The molecule has 0 fully saturated rings. The van der Waals surface area contributed by atoms with E-state index >= 15 is 0 Å². The monoisotopic (exact) mass is 349 g/mol. The molecule has 21 heavy (non-hydrogen) atoms. The molecule has 0 saturated carbocycles. The number of aromatic nitrogens is 1. The van der Waals surface area contributed by atoms with E-state index in [1.807, 2.05) is 0 Å². The fourth-order valence-corrected chi connectivity index (χ4v) is 3.14. The fourth-order valence-electron chi connectivity index (χ4n) is 1.53. The van der Waals surface area contributed by atoms with Crippen molar-refractivity contribution in [3.8, 4) is 0 Å². The summed E-state index contributed by atoms with van der Waals surface area (Å²) in [6.07, 6.45) is 1.51. The van der Waals surface area contributed by atoms with Crippen LogP contribution in [0.1, 0.15) is 4.88 Å². The van der Waals surface area contributed by atoms with E-state index < -0.39 is 25.6 Å². The molecule has 2 aromatic rings. The van der Waals surface area contributed by atoms with Crippen LogP contribution in [0.5, 0.6) is 0 Å². The maximum Gasteiger partial charge on any atom is 0.296 e. The minimum atomic E-state index is -4.59. The minimum Gasteiger partial charge on any atom is -0.379 e. The molecule has 1 aromatic carbocycles. The summed E-state index contributed by atoms with van der Waals surface area (Å²) in [5, 5.41) is 13.4. The molecule has 0 atom stereocenters. The zero-order valence-corrected chi connectivity index (χ0v) is 12.6. The molecule has 0 radical (unpaired) electrons. The molecule has 0 spiro atoms. The van der Waals surface area contributed by atoms with Crippen LogP contribution >= 0.6 is 22.9 Å². The van der Waals surface area contributed by atoms with Gasteiger partial charge in [0, 0.05) is 23.2 Å². The third kappa shape index (κ3) is 3.88. The second-order valence-electron chi connectivity index (χ2n) is 3.85. The van der Waals surface area contributed by atoms with Gasteiger partial charge in [0.25, 0.3) is 15.8 Å². The number of anilines is 1. The number of non-ortho nitro benzene ring substituents is 1. The van der Waals surface area contributed by atoms with Crippen LogP contribution in [-0.2, 0) is 16.7 Å². The molecule has 0 aliphatic carbocycles. The maximum atomic E-state index is 11.3. The molecule has 1 aromatic heterocycles. The van der Waals surface area contributed by atoms with Gasteiger partial charge < -0.3 is 5.32 Å². The smallest absolute Gasteiger partial charge is 0.296 e. The highest BCUT2D eigenvalue weighted by atomic mass is 35.5. The van der Waals surface area contributed by atoms with Gasteiger partial charge in [-0.05, 0) is 6.07 Å². The van der Waals surface area contributed by atoms with Gasteiger partial charge >= 0.3 is 0 Å². The summed E-state index contributed by atoms with van der Waals surface area (Å²) in [6.45, 7) is 0.213. The summed E-state index contributed by atoms with van der Waals surface area (Å²) >= 11 is 6.87. The Hall–Kier alpha value is -1.75. The van der Waals surface area contributed by atoms with E-state index in [4.69, 9.17) is 16.2 Å². The first-order valence-corrected chi connectivity index (χ1v) is 8.01. The Bertz CT molecular complexity index is 790. The van der Waals surface area contributed by atoms with Crippen LogP contribution in [0, 0.1) is 10.1 Å². The number of nitro benzene ring substituents is 1. The fraction of sp³-hybridized carbons (Fsp3) is 0.100. The van der Waals surface area contributed by atoms with Gasteiger partial charge in [0.15, 0.2) is 4.47 Å². The first-order valence-electron chi connectivity index (χ1n) is 5.37. The lowest BCUT2D eigenvalue weighted by molar-refractivity contribution is -0.385. The lowest BCUT2D eigenvalue weighted by Crippen LogP contribution is -2.07. The predicted octanol–water partition coefficient (Wildman–Crippen LogP) is 2.56. The largest absolute Gasteiger partial charge is 0.379 e. The quantitative estimate of drug-likeness (QED) is 0.483. The van der Waals surface area contributed by atoms with Crippen LogP contribution in [0.15, 0.2) is 29.3 Å². The molecule has 1 heterocycles. The molecule has 0 unspecified atom stereocenters. The van der Waals surface area contributed by atoms with Crippen LogP contribution < -0.4 is 5.32 Å². The second-order valence-corrected chi connectivity index (χ2v) is 6.93. The maximum absolute atomic E-state index is 11.3. The number of hydrogen-bond acceptors (Lipinski definition) is 7. The van der Waals surface area contributed by atoms with E-state index in [-0.39, 0.29) is 12.2 Å². The number of halogens is 1. The van der Waals surface area contributed by atoms with Gasteiger partial charge in [-0.15, -0.1) is 11.3 Å². The van der Waals surface area contributed by atoms with Crippen molar-refractivity contribution in [2.75, 3.05) is 5.32 Å². The normalized spacial score (nSPS) is 11.3. The van der Waals surface area contributed by atoms with Crippen molar-refractivity contribution in [1.29, 1.82) is 0 Å². The van der Waals surface area contributed by atoms with Crippen molar-refractivity contribution >= 4 is 44.4 Å². The van der Waals surface area contributed by atoms with Crippen molar-refractivity contribution < 1.29 is 17.9 Å². The zero-order chi connectivity index (χ0) is 15.6. The highest BCUT2D eigenvalue weighted by molar-refractivity contribution is 7.86. The predicted molar refractivity (Wildman–Crippen MR) is 77.4 cm³/mol. The number of thiazole rings is 1. The summed E-state index contributed by atoms with van der Waals surface area (Å²) in [6, 6.07) is 3.14. The van der Waals surface area contributed by atoms with Gasteiger partial charge in [-0.2, -0.15) is 8.42 Å². The Labute approximate surface area is 128 Å². The Morgan fingerprint density at radius 3 is 2.71 bits per heavy atom. The van der Waals surface area contributed by atoms with Crippen molar-refractivity contribution in [1.82, 2.24) is 4.98 Å². The zero-order valence-electron chi connectivity index (χ0n) is 10.2. The molecule has 0 aliphatic rings. The Morgan fingerprint density at radius 1 is 1.48 bits per heavy atom. The van der Waals surface area contributed by atoms with Gasteiger partial charge in [0.1, 0.15) is 4.90 Å². The van der Waals surface area contributed by atoms with Gasteiger partial charge in [-0.1, -0.05) is 11.6 Å². The average molecular weight is 350 g/mol. The summed E-state index contributed by atoms with van der Waals surface area (Å²) < 4.78 is 32.1. The van der Waals surface area contributed by atoms with E-state index in [0.29, 0.717) is 4.47 Å². The molecular weight excluding hydrogens is 342 g/mol. The number of nitro groups is 1. The summed E-state index contributed by atoms with van der Waals surface area (Å²) in [5.41, 5.74) is -0.387. The molecular formula is C10H8ClN3O5S2. The molecule has 0 bridgehead atoms. The van der Waals surface area contributed by atoms with E-state index in [2.05, 4.69) is 10.3 Å². The lowest BCUT2D eigenvalue weighted by Gasteiger charge is -2.09. The number of nitrogens with one attached hydrogen (secondary N) is 1. The van der Waals surface area contributed by atoms with E-state index in [1.165, 1.54) is 23.6 Å². The highest BCUT2D eigenvalue weighted by Gasteiger charge is 2.20. The van der Waals surface area contributed by atoms with Gasteiger partial charge in [-0.3, -0.25) is 14.7 Å². The van der Waals surface area contributed by atoms with Crippen molar-refractivity contribution in [2.45, 2.75) is 11.4 Å². The number of nitrogens with zero attached hydrogens (tertiary/aromatic N) is 2.